The van der Waals surface area contributed by atoms with Crippen molar-refractivity contribution in [2.45, 2.75) is 32.7 Å². The molecule has 2 aromatic heterocycles. The zero-order valence-corrected chi connectivity index (χ0v) is 11.8. The minimum absolute atomic E-state index is 0.379. The van der Waals surface area contributed by atoms with Crippen molar-refractivity contribution < 1.29 is 4.79 Å². The fraction of sp³-hybridized carbons (Fsp3) is 0.467. The molecule has 0 bridgehead atoms. The first-order valence-corrected chi connectivity index (χ1v) is 7.10. The van der Waals surface area contributed by atoms with Gasteiger partial charge in [-0.15, -0.1) is 0 Å². The van der Waals surface area contributed by atoms with Gasteiger partial charge in [-0.2, -0.15) is 5.10 Å². The lowest BCUT2D eigenvalue weighted by molar-refractivity contribution is 0.100. The second-order valence-corrected chi connectivity index (χ2v) is 5.80. The van der Waals surface area contributed by atoms with E-state index in [1.165, 1.54) is 6.42 Å². The Labute approximate surface area is 118 Å². The number of amides is 1. The standard InChI is InChI=1S/C15H20N4O/c1-9-5-6-12(10(9)2)18-14-11(15(16)20)8-17-19-7-3-4-13(14)19/h3-4,7-10,12,18H,5-6H2,1-2H3,(H2,16,20)/t9-,10-,12+/m0/s1. The number of anilines is 1. The Morgan fingerprint density at radius 3 is 2.90 bits per heavy atom. The smallest absolute Gasteiger partial charge is 0.252 e. The minimum Gasteiger partial charge on any atom is -0.380 e. The van der Waals surface area contributed by atoms with Crippen LogP contribution in [0.2, 0.25) is 0 Å². The monoisotopic (exact) mass is 272 g/mol. The SMILES string of the molecule is C[C@H]1[C@@H](C)CC[C@H]1Nc1c(C(N)=O)cnn2cccc12. The van der Waals surface area contributed by atoms with Crippen LogP contribution in [0.3, 0.4) is 0 Å². The number of nitrogens with zero attached hydrogens (tertiary/aromatic N) is 2. The van der Waals surface area contributed by atoms with Crippen LogP contribution in [-0.4, -0.2) is 21.6 Å². The molecular formula is C15H20N4O. The predicted octanol–water partition coefficient (Wildman–Crippen LogP) is 2.28. The summed E-state index contributed by atoms with van der Waals surface area (Å²) < 4.78 is 1.76. The van der Waals surface area contributed by atoms with Gasteiger partial charge in [-0.1, -0.05) is 13.8 Å². The largest absolute Gasteiger partial charge is 0.380 e. The van der Waals surface area contributed by atoms with Crippen LogP contribution in [0.1, 0.15) is 37.0 Å². The molecule has 0 aromatic carbocycles. The Balaban J connectivity index is 2.02. The maximum absolute atomic E-state index is 11.6. The van der Waals surface area contributed by atoms with Gasteiger partial charge in [0.15, 0.2) is 0 Å². The molecule has 0 unspecified atom stereocenters. The molecule has 3 atom stereocenters. The average molecular weight is 272 g/mol. The van der Waals surface area contributed by atoms with Crippen LogP contribution in [0.25, 0.3) is 5.52 Å². The highest BCUT2D eigenvalue weighted by Crippen LogP contribution is 2.34. The molecule has 2 aromatic rings. The van der Waals surface area contributed by atoms with Gasteiger partial charge in [0.2, 0.25) is 0 Å². The Kier molecular flexibility index (Phi) is 3.12. The number of hydrogen-bond acceptors (Lipinski definition) is 3. The van der Waals surface area contributed by atoms with Crippen LogP contribution in [0.5, 0.6) is 0 Å². The summed E-state index contributed by atoms with van der Waals surface area (Å²) in [4.78, 5) is 11.6. The highest BCUT2D eigenvalue weighted by molar-refractivity contribution is 6.01. The lowest BCUT2D eigenvalue weighted by Crippen LogP contribution is -2.26. The fourth-order valence-corrected chi connectivity index (χ4v) is 3.09. The second kappa shape index (κ2) is 4.81. The molecule has 106 valence electrons. The average Bonchev–Trinajstić information content (AvgIpc) is 3.00. The van der Waals surface area contributed by atoms with Crippen molar-refractivity contribution in [3.05, 3.63) is 30.1 Å². The van der Waals surface area contributed by atoms with Crippen LogP contribution in [-0.2, 0) is 0 Å². The van der Waals surface area contributed by atoms with Crippen LogP contribution >= 0.6 is 0 Å². The Morgan fingerprint density at radius 2 is 2.25 bits per heavy atom. The van der Waals surface area contributed by atoms with Gasteiger partial charge in [0.05, 0.1) is 23.0 Å². The molecule has 5 heteroatoms. The number of rotatable bonds is 3. The number of carbonyl (C=O) groups excluding carboxylic acids is 1. The topological polar surface area (TPSA) is 72.4 Å². The molecule has 0 saturated heterocycles. The number of nitrogens with one attached hydrogen (secondary N) is 1. The van der Waals surface area contributed by atoms with Crippen molar-refractivity contribution in [2.75, 3.05) is 5.32 Å². The van der Waals surface area contributed by atoms with Crippen LogP contribution in [0.4, 0.5) is 5.69 Å². The van der Waals surface area contributed by atoms with E-state index in [1.807, 2.05) is 18.3 Å². The summed E-state index contributed by atoms with van der Waals surface area (Å²) in [6, 6.07) is 4.24. The lowest BCUT2D eigenvalue weighted by atomic mass is 9.97. The fourth-order valence-electron chi connectivity index (χ4n) is 3.09. The summed E-state index contributed by atoms with van der Waals surface area (Å²) in [7, 11) is 0. The van der Waals surface area contributed by atoms with E-state index >= 15 is 0 Å². The molecular weight excluding hydrogens is 252 g/mol. The highest BCUT2D eigenvalue weighted by atomic mass is 16.1. The van der Waals surface area contributed by atoms with Crippen molar-refractivity contribution >= 4 is 17.1 Å². The van der Waals surface area contributed by atoms with E-state index in [1.54, 1.807) is 10.7 Å². The normalized spacial score (nSPS) is 26.0. The van der Waals surface area contributed by atoms with E-state index in [0.29, 0.717) is 23.4 Å². The van der Waals surface area contributed by atoms with Gasteiger partial charge >= 0.3 is 0 Å². The third-order valence-electron chi connectivity index (χ3n) is 4.63. The molecule has 20 heavy (non-hydrogen) atoms. The molecule has 1 amide bonds. The van der Waals surface area contributed by atoms with Crippen molar-refractivity contribution in [2.24, 2.45) is 17.6 Å². The first-order chi connectivity index (χ1) is 9.58. The Morgan fingerprint density at radius 1 is 1.45 bits per heavy atom. The molecule has 2 heterocycles. The van der Waals surface area contributed by atoms with Crippen LogP contribution in [0.15, 0.2) is 24.5 Å². The van der Waals surface area contributed by atoms with E-state index < -0.39 is 5.91 Å². The van der Waals surface area contributed by atoms with Gasteiger partial charge in [-0.25, -0.2) is 4.52 Å². The second-order valence-electron chi connectivity index (χ2n) is 5.80. The maximum Gasteiger partial charge on any atom is 0.252 e. The highest BCUT2D eigenvalue weighted by Gasteiger charge is 2.30. The van der Waals surface area contributed by atoms with E-state index in [2.05, 4.69) is 24.3 Å². The van der Waals surface area contributed by atoms with Gasteiger partial charge in [0, 0.05) is 12.2 Å². The Bertz CT molecular complexity index is 648. The van der Waals surface area contributed by atoms with Gasteiger partial charge in [0.1, 0.15) is 0 Å². The number of fused-ring (bicyclic) bond motifs is 1. The molecule has 1 aliphatic rings. The number of carbonyl (C=O) groups is 1. The van der Waals surface area contributed by atoms with Crippen molar-refractivity contribution in [1.82, 2.24) is 9.61 Å². The molecule has 5 nitrogen and oxygen atoms in total. The molecule has 3 N–H and O–H groups in total. The minimum atomic E-state index is -0.442. The van der Waals surface area contributed by atoms with Crippen LogP contribution in [0, 0.1) is 11.8 Å². The third-order valence-corrected chi connectivity index (χ3v) is 4.63. The molecule has 0 radical (unpaired) electrons. The first-order valence-electron chi connectivity index (χ1n) is 7.10. The summed E-state index contributed by atoms with van der Waals surface area (Å²) in [5.41, 5.74) is 7.65. The lowest BCUT2D eigenvalue weighted by Gasteiger charge is -2.22. The Hall–Kier alpha value is -2.04. The van der Waals surface area contributed by atoms with E-state index in [9.17, 15) is 4.79 Å². The predicted molar refractivity (Wildman–Crippen MR) is 78.7 cm³/mol. The van der Waals surface area contributed by atoms with Crippen LogP contribution < -0.4 is 11.1 Å². The molecule has 1 fully saturated rings. The summed E-state index contributed by atoms with van der Waals surface area (Å²) in [6.45, 7) is 4.54. The number of nitrogens with two attached hydrogens (primary N) is 1. The zero-order valence-electron chi connectivity index (χ0n) is 11.8. The molecule has 1 saturated carbocycles. The number of hydrogen-bond donors (Lipinski definition) is 2. The maximum atomic E-state index is 11.6. The zero-order chi connectivity index (χ0) is 14.3. The summed E-state index contributed by atoms with van der Waals surface area (Å²) in [5.74, 6) is 0.843. The summed E-state index contributed by atoms with van der Waals surface area (Å²) in [5, 5.41) is 7.75. The van der Waals surface area contributed by atoms with Crippen molar-refractivity contribution in [3.63, 3.8) is 0 Å². The summed E-state index contributed by atoms with van der Waals surface area (Å²) >= 11 is 0. The number of primary amides is 1. The van der Waals surface area contributed by atoms with Gasteiger partial charge in [-0.3, -0.25) is 4.79 Å². The quantitative estimate of drug-likeness (QED) is 0.900. The van der Waals surface area contributed by atoms with Gasteiger partial charge in [-0.05, 0) is 36.8 Å². The first kappa shape index (κ1) is 13.0. The molecule has 1 aliphatic carbocycles. The van der Waals surface area contributed by atoms with E-state index in [-0.39, 0.29) is 0 Å². The number of aromatic nitrogens is 2. The third kappa shape index (κ3) is 2.03. The van der Waals surface area contributed by atoms with E-state index in [0.717, 1.165) is 17.6 Å². The van der Waals surface area contributed by atoms with Crippen molar-refractivity contribution in [3.8, 4) is 0 Å². The molecule has 3 rings (SSSR count). The van der Waals surface area contributed by atoms with Crippen molar-refractivity contribution in [1.29, 1.82) is 0 Å². The molecule has 0 aliphatic heterocycles. The van der Waals surface area contributed by atoms with E-state index in [4.69, 9.17) is 5.73 Å². The van der Waals surface area contributed by atoms with Gasteiger partial charge < -0.3 is 11.1 Å². The van der Waals surface area contributed by atoms with Gasteiger partial charge in [0.25, 0.3) is 5.91 Å². The molecule has 0 spiro atoms. The summed E-state index contributed by atoms with van der Waals surface area (Å²) in [6.07, 6.45) is 5.75.